The van der Waals surface area contributed by atoms with Crippen molar-refractivity contribution in [2.75, 3.05) is 24.6 Å². The molecule has 1 fully saturated rings. The van der Waals surface area contributed by atoms with Crippen LogP contribution in [0.5, 0.6) is 0 Å². The van der Waals surface area contributed by atoms with Crippen LogP contribution in [-0.2, 0) is 16.1 Å². The molecule has 1 aromatic heterocycles. The van der Waals surface area contributed by atoms with Crippen molar-refractivity contribution in [3.05, 3.63) is 22.6 Å². The number of hydrogen-bond donors (Lipinski definition) is 0. The average molecular weight is 293 g/mol. The summed E-state index contributed by atoms with van der Waals surface area (Å²) in [6.45, 7) is 8.13. The van der Waals surface area contributed by atoms with Gasteiger partial charge in [0.05, 0.1) is 24.1 Å². The highest BCUT2D eigenvalue weighted by Gasteiger charge is 2.27. The summed E-state index contributed by atoms with van der Waals surface area (Å²) < 4.78 is 6.89. The van der Waals surface area contributed by atoms with Crippen LogP contribution in [0.4, 0.5) is 5.69 Å². The van der Waals surface area contributed by atoms with Gasteiger partial charge in [-0.3, -0.25) is 9.59 Å². The van der Waals surface area contributed by atoms with Gasteiger partial charge in [-0.15, -0.1) is 0 Å². The van der Waals surface area contributed by atoms with Gasteiger partial charge in [0, 0.05) is 25.6 Å². The Labute approximate surface area is 124 Å². The predicted octanol–water partition coefficient (Wildman–Crippen LogP) is 1.23. The van der Waals surface area contributed by atoms with Crippen molar-refractivity contribution in [2.24, 2.45) is 0 Å². The van der Waals surface area contributed by atoms with Crippen LogP contribution in [0.1, 0.15) is 33.6 Å². The number of carbonyl (C=O) groups excluding carboxylic acids is 1. The van der Waals surface area contributed by atoms with Gasteiger partial charge in [-0.1, -0.05) is 6.92 Å². The van der Waals surface area contributed by atoms with Crippen molar-refractivity contribution in [1.82, 2.24) is 9.78 Å². The number of ketones is 1. The van der Waals surface area contributed by atoms with Crippen LogP contribution in [0.3, 0.4) is 0 Å². The van der Waals surface area contributed by atoms with E-state index in [1.54, 1.807) is 12.3 Å². The summed E-state index contributed by atoms with van der Waals surface area (Å²) in [7, 11) is 0. The van der Waals surface area contributed by atoms with Gasteiger partial charge in [0.1, 0.15) is 6.54 Å². The molecule has 0 aliphatic carbocycles. The fraction of sp³-hybridized carbons (Fsp3) is 0.667. The van der Waals surface area contributed by atoms with Crippen molar-refractivity contribution >= 4 is 11.5 Å². The molecule has 1 aromatic rings. The molecule has 0 spiro atoms. The second-order valence-electron chi connectivity index (χ2n) is 6.03. The molecule has 6 heteroatoms. The molecule has 1 aliphatic rings. The zero-order chi connectivity index (χ0) is 15.5. The van der Waals surface area contributed by atoms with E-state index in [1.165, 1.54) is 4.68 Å². The third-order valence-electron chi connectivity index (χ3n) is 3.50. The molecule has 0 aromatic carbocycles. The number of aromatic nitrogens is 2. The minimum atomic E-state index is -0.235. The SMILES string of the molecule is CCCC(=O)Cn1ncc(N2CCOC(C)(C)C2)cc1=O. The van der Waals surface area contributed by atoms with Gasteiger partial charge in [-0.25, -0.2) is 4.68 Å². The second kappa shape index (κ2) is 6.39. The summed E-state index contributed by atoms with van der Waals surface area (Å²) in [6.07, 6.45) is 2.92. The second-order valence-corrected chi connectivity index (χ2v) is 6.03. The Bertz CT molecular complexity index is 566. The third kappa shape index (κ3) is 4.14. The van der Waals surface area contributed by atoms with Gasteiger partial charge in [0.2, 0.25) is 0 Å². The van der Waals surface area contributed by atoms with Crippen LogP contribution in [0.25, 0.3) is 0 Å². The van der Waals surface area contributed by atoms with Gasteiger partial charge in [-0.2, -0.15) is 5.10 Å². The summed E-state index contributed by atoms with van der Waals surface area (Å²) >= 11 is 0. The molecule has 6 nitrogen and oxygen atoms in total. The van der Waals surface area contributed by atoms with E-state index in [-0.39, 0.29) is 23.5 Å². The Morgan fingerprint density at radius 3 is 2.86 bits per heavy atom. The molecule has 1 aliphatic heterocycles. The van der Waals surface area contributed by atoms with E-state index in [1.807, 2.05) is 20.8 Å². The molecule has 116 valence electrons. The van der Waals surface area contributed by atoms with Gasteiger partial charge in [0.15, 0.2) is 5.78 Å². The zero-order valence-corrected chi connectivity index (χ0v) is 13.0. The molecule has 1 saturated heterocycles. The molecular weight excluding hydrogens is 270 g/mol. The lowest BCUT2D eigenvalue weighted by Gasteiger charge is -2.39. The Balaban J connectivity index is 2.12. The number of rotatable bonds is 5. The Morgan fingerprint density at radius 1 is 1.48 bits per heavy atom. The van der Waals surface area contributed by atoms with Crippen LogP contribution >= 0.6 is 0 Å². The molecule has 0 radical (unpaired) electrons. The molecule has 2 rings (SSSR count). The van der Waals surface area contributed by atoms with Crippen molar-refractivity contribution in [1.29, 1.82) is 0 Å². The number of nitrogens with zero attached hydrogens (tertiary/aromatic N) is 3. The summed E-state index contributed by atoms with van der Waals surface area (Å²) in [6, 6.07) is 1.55. The molecule has 0 amide bonds. The predicted molar refractivity (Wildman–Crippen MR) is 80.7 cm³/mol. The lowest BCUT2D eigenvalue weighted by Crippen LogP contribution is -2.48. The van der Waals surface area contributed by atoms with E-state index in [4.69, 9.17) is 4.74 Å². The highest BCUT2D eigenvalue weighted by Crippen LogP contribution is 2.21. The Hall–Kier alpha value is -1.69. The molecule has 2 heterocycles. The van der Waals surface area contributed by atoms with Crippen LogP contribution in [0.15, 0.2) is 17.1 Å². The van der Waals surface area contributed by atoms with Crippen LogP contribution < -0.4 is 10.5 Å². The smallest absolute Gasteiger partial charge is 0.269 e. The molecular formula is C15H23N3O3. The summed E-state index contributed by atoms with van der Waals surface area (Å²) in [5.41, 5.74) is 0.321. The lowest BCUT2D eigenvalue weighted by atomic mass is 10.1. The van der Waals surface area contributed by atoms with E-state index >= 15 is 0 Å². The first kappa shape index (κ1) is 15.7. The number of morpholine rings is 1. The van der Waals surface area contributed by atoms with E-state index in [0.717, 1.165) is 18.7 Å². The monoisotopic (exact) mass is 293 g/mol. The molecule has 0 N–H and O–H groups in total. The molecule has 0 bridgehead atoms. The highest BCUT2D eigenvalue weighted by atomic mass is 16.5. The van der Waals surface area contributed by atoms with Crippen molar-refractivity contribution in [3.63, 3.8) is 0 Å². The van der Waals surface area contributed by atoms with Gasteiger partial charge in [-0.05, 0) is 20.3 Å². The Kier molecular flexibility index (Phi) is 4.77. The highest BCUT2D eigenvalue weighted by molar-refractivity contribution is 5.77. The summed E-state index contributed by atoms with van der Waals surface area (Å²) in [5, 5.41) is 4.12. The standard InChI is InChI=1S/C15H23N3O3/c1-4-5-13(19)10-18-14(20)8-12(9-16-18)17-6-7-21-15(2,3)11-17/h8-9H,4-7,10-11H2,1-3H3. The number of ether oxygens (including phenoxy) is 1. The van der Waals surface area contributed by atoms with Crippen LogP contribution in [-0.4, -0.2) is 40.9 Å². The quantitative estimate of drug-likeness (QED) is 0.817. The molecule has 21 heavy (non-hydrogen) atoms. The van der Waals surface area contributed by atoms with E-state index in [2.05, 4.69) is 10.00 Å². The molecule has 0 unspecified atom stereocenters. The number of anilines is 1. The Morgan fingerprint density at radius 2 is 2.24 bits per heavy atom. The summed E-state index contributed by atoms with van der Waals surface area (Å²) in [5.74, 6) is 0.0346. The number of hydrogen-bond acceptors (Lipinski definition) is 5. The maximum absolute atomic E-state index is 12.1. The molecule has 0 saturated carbocycles. The van der Waals surface area contributed by atoms with Gasteiger partial charge in [0.25, 0.3) is 5.56 Å². The first-order valence-corrected chi connectivity index (χ1v) is 7.39. The number of carbonyl (C=O) groups is 1. The third-order valence-corrected chi connectivity index (χ3v) is 3.50. The van der Waals surface area contributed by atoms with Gasteiger partial charge >= 0.3 is 0 Å². The topological polar surface area (TPSA) is 64.4 Å². The molecule has 0 atom stereocenters. The summed E-state index contributed by atoms with van der Waals surface area (Å²) in [4.78, 5) is 25.8. The first-order valence-electron chi connectivity index (χ1n) is 7.39. The van der Waals surface area contributed by atoms with Crippen molar-refractivity contribution in [3.8, 4) is 0 Å². The fourth-order valence-electron chi connectivity index (χ4n) is 2.48. The maximum Gasteiger partial charge on any atom is 0.269 e. The van der Waals surface area contributed by atoms with Crippen LogP contribution in [0, 0.1) is 0 Å². The fourth-order valence-corrected chi connectivity index (χ4v) is 2.48. The normalized spacial score (nSPS) is 17.8. The zero-order valence-electron chi connectivity index (χ0n) is 13.0. The largest absolute Gasteiger partial charge is 0.372 e. The van der Waals surface area contributed by atoms with E-state index < -0.39 is 0 Å². The lowest BCUT2D eigenvalue weighted by molar-refractivity contribution is -0.119. The minimum Gasteiger partial charge on any atom is -0.372 e. The van der Waals surface area contributed by atoms with E-state index in [9.17, 15) is 9.59 Å². The average Bonchev–Trinajstić information content (AvgIpc) is 2.40. The van der Waals surface area contributed by atoms with Gasteiger partial charge < -0.3 is 9.64 Å². The van der Waals surface area contributed by atoms with E-state index in [0.29, 0.717) is 19.6 Å². The first-order chi connectivity index (χ1) is 9.91. The number of Topliss-reactive ketones (excluding diaryl/α,β-unsaturated/α-hetero) is 1. The maximum atomic E-state index is 12.1. The van der Waals surface area contributed by atoms with Crippen LogP contribution in [0.2, 0.25) is 0 Å². The minimum absolute atomic E-state index is 0.0346. The van der Waals surface area contributed by atoms with Crippen molar-refractivity contribution in [2.45, 2.75) is 45.8 Å². The van der Waals surface area contributed by atoms with Crippen molar-refractivity contribution < 1.29 is 9.53 Å².